The Morgan fingerprint density at radius 2 is 1.66 bits per heavy atom. The highest BCUT2D eigenvalue weighted by atomic mass is 35.5. The van der Waals surface area contributed by atoms with Crippen LogP contribution in [-0.4, -0.2) is 25.7 Å². The summed E-state index contributed by atoms with van der Waals surface area (Å²) in [7, 11) is 0. The molecule has 0 spiro atoms. The van der Waals surface area contributed by atoms with E-state index in [4.69, 9.17) is 21.1 Å². The van der Waals surface area contributed by atoms with Crippen molar-refractivity contribution in [2.24, 2.45) is 0 Å². The van der Waals surface area contributed by atoms with Crippen LogP contribution in [0.15, 0.2) is 72.8 Å². The minimum Gasteiger partial charge on any atom is -0.490 e. The largest absolute Gasteiger partial charge is 0.490 e. The molecule has 150 valence electrons. The van der Waals surface area contributed by atoms with E-state index in [0.29, 0.717) is 29.7 Å². The van der Waals surface area contributed by atoms with Crippen molar-refractivity contribution >= 4 is 28.9 Å². The Kier molecular flexibility index (Phi) is 7.36. The van der Waals surface area contributed by atoms with Crippen molar-refractivity contribution < 1.29 is 14.3 Å². The highest BCUT2D eigenvalue weighted by Crippen LogP contribution is 2.24. The summed E-state index contributed by atoms with van der Waals surface area (Å²) in [6.45, 7) is 2.83. The summed E-state index contributed by atoms with van der Waals surface area (Å²) < 4.78 is 11.4. The van der Waals surface area contributed by atoms with Crippen molar-refractivity contribution in [2.45, 2.75) is 6.92 Å². The molecule has 2 N–H and O–H groups in total. The monoisotopic (exact) mass is 410 g/mol. The quantitative estimate of drug-likeness (QED) is 0.478. The summed E-state index contributed by atoms with van der Waals surface area (Å²) in [5, 5.41) is 6.55. The number of anilines is 2. The lowest BCUT2D eigenvalue weighted by molar-refractivity contribution is -0.114. The number of carbonyl (C=O) groups excluding carboxylic acids is 1. The van der Waals surface area contributed by atoms with Crippen LogP contribution in [0.4, 0.5) is 11.4 Å². The van der Waals surface area contributed by atoms with Gasteiger partial charge in [-0.25, -0.2) is 0 Å². The van der Waals surface area contributed by atoms with Gasteiger partial charge in [0.25, 0.3) is 0 Å². The van der Waals surface area contributed by atoms with Gasteiger partial charge in [-0.15, -0.1) is 0 Å². The third-order valence-electron chi connectivity index (χ3n) is 4.13. The number of aryl methyl sites for hydroxylation is 1. The molecule has 0 fully saturated rings. The van der Waals surface area contributed by atoms with Crippen LogP contribution in [0.2, 0.25) is 5.02 Å². The number of hydrogen-bond donors (Lipinski definition) is 2. The molecule has 0 bridgehead atoms. The molecule has 0 atom stereocenters. The molecular weight excluding hydrogens is 388 g/mol. The molecule has 0 radical (unpaired) electrons. The van der Waals surface area contributed by atoms with Gasteiger partial charge < -0.3 is 20.1 Å². The van der Waals surface area contributed by atoms with Gasteiger partial charge in [-0.2, -0.15) is 0 Å². The molecular formula is C23H23ClN2O3. The van der Waals surface area contributed by atoms with Crippen LogP contribution in [0.1, 0.15) is 5.56 Å². The van der Waals surface area contributed by atoms with Gasteiger partial charge in [-0.1, -0.05) is 48.0 Å². The lowest BCUT2D eigenvalue weighted by atomic mass is 10.2. The molecule has 5 nitrogen and oxygen atoms in total. The zero-order chi connectivity index (χ0) is 20.5. The number of benzene rings is 3. The molecule has 0 aliphatic heterocycles. The minimum absolute atomic E-state index is 0.104. The third-order valence-corrected chi connectivity index (χ3v) is 4.54. The third kappa shape index (κ3) is 6.43. The maximum atomic E-state index is 12.2. The maximum absolute atomic E-state index is 12.2. The fourth-order valence-electron chi connectivity index (χ4n) is 2.62. The summed E-state index contributed by atoms with van der Waals surface area (Å²) >= 11 is 6.10. The number of nitrogens with one attached hydrogen (secondary N) is 2. The molecule has 1 amide bonds. The topological polar surface area (TPSA) is 59.6 Å². The van der Waals surface area contributed by atoms with Crippen molar-refractivity contribution in [3.63, 3.8) is 0 Å². The van der Waals surface area contributed by atoms with Gasteiger partial charge in [-0.3, -0.25) is 4.79 Å². The van der Waals surface area contributed by atoms with E-state index in [1.54, 1.807) is 6.07 Å². The number of hydrogen-bond acceptors (Lipinski definition) is 4. The molecule has 6 heteroatoms. The summed E-state index contributed by atoms with van der Waals surface area (Å²) in [5.41, 5.74) is 2.37. The minimum atomic E-state index is -0.174. The summed E-state index contributed by atoms with van der Waals surface area (Å²) in [5.74, 6) is 1.29. The molecule has 3 aromatic rings. The van der Waals surface area contributed by atoms with Crippen LogP contribution < -0.4 is 20.1 Å². The first-order valence-electron chi connectivity index (χ1n) is 9.31. The number of rotatable bonds is 9. The van der Waals surface area contributed by atoms with Crippen LogP contribution in [-0.2, 0) is 4.79 Å². The SMILES string of the molecule is Cc1ccc(NC(=O)CNc2ccccc2OCCOc2ccccc2)cc1Cl. The van der Waals surface area contributed by atoms with Crippen molar-refractivity contribution in [3.05, 3.63) is 83.4 Å². The van der Waals surface area contributed by atoms with Crippen LogP contribution in [0.25, 0.3) is 0 Å². The van der Waals surface area contributed by atoms with E-state index in [2.05, 4.69) is 10.6 Å². The second-order valence-electron chi connectivity index (χ2n) is 6.37. The van der Waals surface area contributed by atoms with Gasteiger partial charge in [0.15, 0.2) is 0 Å². The zero-order valence-corrected chi connectivity index (χ0v) is 16.9. The predicted molar refractivity (Wildman–Crippen MR) is 117 cm³/mol. The average molecular weight is 411 g/mol. The van der Waals surface area contributed by atoms with Crippen LogP contribution >= 0.6 is 11.6 Å². The van der Waals surface area contributed by atoms with Gasteiger partial charge >= 0.3 is 0 Å². The number of amides is 1. The van der Waals surface area contributed by atoms with E-state index < -0.39 is 0 Å². The molecule has 0 heterocycles. The molecule has 3 rings (SSSR count). The van der Waals surface area contributed by atoms with Crippen molar-refractivity contribution in [2.75, 3.05) is 30.4 Å². The molecule has 3 aromatic carbocycles. The van der Waals surface area contributed by atoms with E-state index >= 15 is 0 Å². The lowest BCUT2D eigenvalue weighted by Crippen LogP contribution is -2.22. The molecule has 0 aliphatic rings. The van der Waals surface area contributed by atoms with Crippen molar-refractivity contribution in [1.29, 1.82) is 0 Å². The molecule has 0 unspecified atom stereocenters. The lowest BCUT2D eigenvalue weighted by Gasteiger charge is -2.14. The van der Waals surface area contributed by atoms with E-state index in [1.807, 2.05) is 73.7 Å². The van der Waals surface area contributed by atoms with Gasteiger partial charge in [0.05, 0.1) is 12.2 Å². The van der Waals surface area contributed by atoms with Crippen LogP contribution in [0.5, 0.6) is 11.5 Å². The van der Waals surface area contributed by atoms with Crippen LogP contribution in [0, 0.1) is 6.92 Å². The maximum Gasteiger partial charge on any atom is 0.243 e. The Morgan fingerprint density at radius 1 is 0.931 bits per heavy atom. The van der Waals surface area contributed by atoms with E-state index in [9.17, 15) is 4.79 Å². The van der Waals surface area contributed by atoms with Crippen molar-refractivity contribution in [1.82, 2.24) is 0 Å². The Hall–Kier alpha value is -3.18. The van der Waals surface area contributed by atoms with Crippen molar-refractivity contribution in [3.8, 4) is 11.5 Å². The molecule has 0 aliphatic carbocycles. The number of halogens is 1. The normalized spacial score (nSPS) is 10.3. The first-order valence-corrected chi connectivity index (χ1v) is 9.69. The van der Waals surface area contributed by atoms with Gasteiger partial charge in [-0.05, 0) is 48.9 Å². The van der Waals surface area contributed by atoms with E-state index in [1.165, 1.54) is 0 Å². The van der Waals surface area contributed by atoms with Gasteiger partial charge in [0.1, 0.15) is 24.7 Å². The van der Waals surface area contributed by atoms with Gasteiger partial charge in [0.2, 0.25) is 5.91 Å². The zero-order valence-electron chi connectivity index (χ0n) is 16.2. The van der Waals surface area contributed by atoms with Gasteiger partial charge in [0, 0.05) is 10.7 Å². The fraction of sp³-hybridized carbons (Fsp3) is 0.174. The molecule has 0 saturated heterocycles. The Balaban J connectivity index is 1.48. The number of carbonyl (C=O) groups is 1. The second kappa shape index (κ2) is 10.4. The van der Waals surface area contributed by atoms with E-state index in [0.717, 1.165) is 17.0 Å². The Labute approximate surface area is 175 Å². The summed E-state index contributed by atoms with van der Waals surface area (Å²) in [6, 6.07) is 22.5. The van der Waals surface area contributed by atoms with Crippen LogP contribution in [0.3, 0.4) is 0 Å². The molecule has 29 heavy (non-hydrogen) atoms. The number of ether oxygens (including phenoxy) is 2. The predicted octanol–water partition coefficient (Wildman–Crippen LogP) is 5.16. The standard InChI is InChI=1S/C23H23ClN2O3/c1-17-11-12-18(15-20(17)24)26-23(27)16-25-21-9-5-6-10-22(21)29-14-13-28-19-7-3-2-4-8-19/h2-12,15,25H,13-14,16H2,1H3,(H,26,27). The second-order valence-corrected chi connectivity index (χ2v) is 6.78. The summed E-state index contributed by atoms with van der Waals surface area (Å²) in [4.78, 5) is 12.2. The molecule has 0 aromatic heterocycles. The highest BCUT2D eigenvalue weighted by Gasteiger charge is 2.07. The Morgan fingerprint density at radius 3 is 2.45 bits per heavy atom. The molecule has 0 saturated carbocycles. The number of para-hydroxylation sites is 3. The highest BCUT2D eigenvalue weighted by molar-refractivity contribution is 6.31. The first-order chi connectivity index (χ1) is 14.1. The summed E-state index contributed by atoms with van der Waals surface area (Å²) in [6.07, 6.45) is 0. The smallest absolute Gasteiger partial charge is 0.243 e. The van der Waals surface area contributed by atoms with E-state index in [-0.39, 0.29) is 12.5 Å². The average Bonchev–Trinajstić information content (AvgIpc) is 2.74. The fourth-order valence-corrected chi connectivity index (χ4v) is 2.80. The first kappa shape index (κ1) is 20.6. The Bertz CT molecular complexity index is 948.